The average molecular weight is 283 g/mol. The maximum absolute atomic E-state index is 4.40. The van der Waals surface area contributed by atoms with Crippen molar-refractivity contribution in [2.45, 2.75) is 20.3 Å². The molecule has 0 radical (unpaired) electrons. The molecule has 0 atom stereocenters. The van der Waals surface area contributed by atoms with Crippen molar-refractivity contribution in [2.75, 3.05) is 11.9 Å². The van der Waals surface area contributed by atoms with E-state index < -0.39 is 0 Å². The minimum absolute atomic E-state index is 0.688. The number of aromatic nitrogens is 3. The van der Waals surface area contributed by atoms with Gasteiger partial charge in [-0.1, -0.05) is 13.8 Å². The van der Waals surface area contributed by atoms with Crippen molar-refractivity contribution in [1.29, 1.82) is 0 Å². The Hall–Kier alpha value is -1.10. The molecule has 0 unspecified atom stereocenters. The molecule has 2 rings (SSSR count). The van der Waals surface area contributed by atoms with Gasteiger partial charge in [-0.25, -0.2) is 4.52 Å². The Balaban J connectivity index is 2.11. The van der Waals surface area contributed by atoms with Gasteiger partial charge in [-0.05, 0) is 40.4 Å². The first kappa shape index (κ1) is 11.4. The normalized spacial score (nSPS) is 11.2. The Bertz CT molecular complexity index is 478. The van der Waals surface area contributed by atoms with Gasteiger partial charge in [0.2, 0.25) is 5.95 Å². The molecule has 4 nitrogen and oxygen atoms in total. The fraction of sp³-hybridized carbons (Fsp3) is 0.455. The predicted molar refractivity (Wildman–Crippen MR) is 68.6 cm³/mol. The Kier molecular flexibility index (Phi) is 3.43. The zero-order chi connectivity index (χ0) is 11.5. The monoisotopic (exact) mass is 282 g/mol. The first-order valence-corrected chi connectivity index (χ1v) is 6.21. The lowest BCUT2D eigenvalue weighted by atomic mass is 10.1. The Labute approximate surface area is 103 Å². The summed E-state index contributed by atoms with van der Waals surface area (Å²) in [5.41, 5.74) is 0.842. The van der Waals surface area contributed by atoms with Crippen LogP contribution in [0, 0.1) is 5.92 Å². The van der Waals surface area contributed by atoms with Crippen LogP contribution in [0.15, 0.2) is 22.8 Å². The van der Waals surface area contributed by atoms with Crippen LogP contribution in [0.3, 0.4) is 0 Å². The van der Waals surface area contributed by atoms with Crippen LogP contribution in [-0.4, -0.2) is 21.1 Å². The van der Waals surface area contributed by atoms with E-state index in [-0.39, 0.29) is 0 Å². The number of rotatable bonds is 4. The summed E-state index contributed by atoms with van der Waals surface area (Å²) in [7, 11) is 0. The number of anilines is 1. The summed E-state index contributed by atoms with van der Waals surface area (Å²) in [6.07, 6.45) is 3.01. The minimum Gasteiger partial charge on any atom is -0.353 e. The number of fused-ring (bicyclic) bond motifs is 1. The van der Waals surface area contributed by atoms with Crippen molar-refractivity contribution in [3.8, 4) is 0 Å². The topological polar surface area (TPSA) is 42.2 Å². The number of nitrogens with one attached hydrogen (secondary N) is 1. The fourth-order valence-electron chi connectivity index (χ4n) is 1.42. The van der Waals surface area contributed by atoms with Crippen molar-refractivity contribution in [3.63, 3.8) is 0 Å². The maximum Gasteiger partial charge on any atom is 0.243 e. The Morgan fingerprint density at radius 2 is 2.31 bits per heavy atom. The van der Waals surface area contributed by atoms with Gasteiger partial charge in [0.1, 0.15) is 0 Å². The summed E-state index contributed by atoms with van der Waals surface area (Å²) >= 11 is 3.45. The van der Waals surface area contributed by atoms with E-state index in [0.717, 1.165) is 23.1 Å². The van der Waals surface area contributed by atoms with Gasteiger partial charge in [0, 0.05) is 12.7 Å². The van der Waals surface area contributed by atoms with E-state index in [0.29, 0.717) is 11.9 Å². The Morgan fingerprint density at radius 1 is 1.50 bits per heavy atom. The van der Waals surface area contributed by atoms with E-state index in [1.807, 2.05) is 18.3 Å². The van der Waals surface area contributed by atoms with Crippen molar-refractivity contribution >= 4 is 27.5 Å². The minimum atomic E-state index is 0.688. The summed E-state index contributed by atoms with van der Waals surface area (Å²) in [6, 6.07) is 3.89. The summed E-state index contributed by atoms with van der Waals surface area (Å²) in [5.74, 6) is 1.38. The lowest BCUT2D eigenvalue weighted by molar-refractivity contribution is 0.606. The van der Waals surface area contributed by atoms with Crippen LogP contribution in [0.4, 0.5) is 5.95 Å². The first-order valence-electron chi connectivity index (χ1n) is 5.41. The molecule has 5 heteroatoms. The van der Waals surface area contributed by atoms with E-state index in [1.165, 1.54) is 0 Å². The van der Waals surface area contributed by atoms with E-state index in [4.69, 9.17) is 0 Å². The standard InChI is InChI=1S/C11H15BrN4/c1-8(2)5-6-13-11-14-10-9(12)4-3-7-16(10)15-11/h3-4,7-8H,5-6H2,1-2H3,(H,13,15). The van der Waals surface area contributed by atoms with Crippen LogP contribution >= 0.6 is 15.9 Å². The molecular formula is C11H15BrN4. The van der Waals surface area contributed by atoms with Crippen molar-refractivity contribution in [1.82, 2.24) is 14.6 Å². The lowest BCUT2D eigenvalue weighted by Gasteiger charge is -2.03. The molecule has 0 spiro atoms. The average Bonchev–Trinajstić information content (AvgIpc) is 2.61. The van der Waals surface area contributed by atoms with Gasteiger partial charge in [0.05, 0.1) is 4.47 Å². The van der Waals surface area contributed by atoms with Gasteiger partial charge in [0.25, 0.3) is 0 Å². The van der Waals surface area contributed by atoms with Crippen LogP contribution in [0.5, 0.6) is 0 Å². The maximum atomic E-state index is 4.40. The van der Waals surface area contributed by atoms with Crippen LogP contribution in [0.2, 0.25) is 0 Å². The molecule has 0 aromatic carbocycles. The van der Waals surface area contributed by atoms with Crippen LogP contribution < -0.4 is 5.32 Å². The molecule has 0 aliphatic heterocycles. The van der Waals surface area contributed by atoms with Crippen LogP contribution in [0.25, 0.3) is 5.65 Å². The highest BCUT2D eigenvalue weighted by Gasteiger charge is 2.05. The molecule has 1 N–H and O–H groups in total. The van der Waals surface area contributed by atoms with Gasteiger partial charge in [0.15, 0.2) is 5.65 Å². The SMILES string of the molecule is CC(C)CCNc1nc2c(Br)cccn2n1. The second-order valence-corrected chi connectivity index (χ2v) is 5.02. The number of hydrogen-bond donors (Lipinski definition) is 1. The van der Waals surface area contributed by atoms with Gasteiger partial charge < -0.3 is 5.32 Å². The van der Waals surface area contributed by atoms with Gasteiger partial charge in [-0.2, -0.15) is 4.98 Å². The van der Waals surface area contributed by atoms with Gasteiger partial charge in [-0.3, -0.25) is 0 Å². The second kappa shape index (κ2) is 4.82. The summed E-state index contributed by atoms with van der Waals surface area (Å²) < 4.78 is 2.72. The highest BCUT2D eigenvalue weighted by Crippen LogP contribution is 2.16. The van der Waals surface area contributed by atoms with Crippen LogP contribution in [0.1, 0.15) is 20.3 Å². The number of hydrogen-bond acceptors (Lipinski definition) is 3. The quantitative estimate of drug-likeness (QED) is 0.938. The smallest absolute Gasteiger partial charge is 0.243 e. The largest absolute Gasteiger partial charge is 0.353 e. The van der Waals surface area contributed by atoms with E-state index in [9.17, 15) is 0 Å². The summed E-state index contributed by atoms with van der Waals surface area (Å²) in [4.78, 5) is 4.40. The first-order chi connectivity index (χ1) is 7.66. The molecule has 0 aliphatic carbocycles. The summed E-state index contributed by atoms with van der Waals surface area (Å²) in [6.45, 7) is 5.32. The second-order valence-electron chi connectivity index (χ2n) is 4.17. The lowest BCUT2D eigenvalue weighted by Crippen LogP contribution is -2.05. The molecule has 0 saturated heterocycles. The number of pyridine rings is 1. The molecule has 2 heterocycles. The van der Waals surface area contributed by atoms with Gasteiger partial charge in [-0.15, -0.1) is 5.10 Å². The molecule has 0 saturated carbocycles. The van der Waals surface area contributed by atoms with Crippen molar-refractivity contribution in [2.24, 2.45) is 5.92 Å². The van der Waals surface area contributed by atoms with E-state index in [2.05, 4.69) is 45.2 Å². The highest BCUT2D eigenvalue weighted by atomic mass is 79.9. The van der Waals surface area contributed by atoms with Gasteiger partial charge >= 0.3 is 0 Å². The molecular weight excluding hydrogens is 268 g/mol. The third-order valence-corrected chi connectivity index (χ3v) is 2.94. The molecule has 0 amide bonds. The fourth-order valence-corrected chi connectivity index (χ4v) is 1.84. The number of halogens is 1. The molecule has 0 aliphatic rings. The van der Waals surface area contributed by atoms with Crippen LogP contribution in [-0.2, 0) is 0 Å². The highest BCUT2D eigenvalue weighted by molar-refractivity contribution is 9.10. The predicted octanol–water partition coefficient (Wildman–Crippen LogP) is 2.95. The van der Waals surface area contributed by atoms with E-state index >= 15 is 0 Å². The molecule has 2 aromatic heterocycles. The Morgan fingerprint density at radius 3 is 3.00 bits per heavy atom. The van der Waals surface area contributed by atoms with E-state index in [1.54, 1.807) is 4.52 Å². The molecule has 16 heavy (non-hydrogen) atoms. The number of nitrogens with zero attached hydrogens (tertiary/aromatic N) is 3. The third-order valence-electron chi connectivity index (χ3n) is 2.32. The van der Waals surface area contributed by atoms with Crippen molar-refractivity contribution < 1.29 is 0 Å². The zero-order valence-corrected chi connectivity index (χ0v) is 11.0. The third kappa shape index (κ3) is 2.52. The molecule has 86 valence electrons. The molecule has 2 aromatic rings. The molecule has 0 bridgehead atoms. The van der Waals surface area contributed by atoms with Crippen molar-refractivity contribution in [3.05, 3.63) is 22.8 Å². The molecule has 0 fully saturated rings. The zero-order valence-electron chi connectivity index (χ0n) is 9.44. The summed E-state index contributed by atoms with van der Waals surface area (Å²) in [5, 5.41) is 7.56.